The molecule has 21 heavy (non-hydrogen) atoms. The van der Waals surface area contributed by atoms with Crippen LogP contribution in [0.2, 0.25) is 0 Å². The lowest BCUT2D eigenvalue weighted by molar-refractivity contribution is 0.306. The lowest BCUT2D eigenvalue weighted by Gasteiger charge is -2.37. The predicted molar refractivity (Wildman–Crippen MR) is 76.9 cm³/mol. The molecule has 1 aliphatic carbocycles. The number of ether oxygens (including phenoxy) is 3. The molecule has 0 amide bonds. The van der Waals surface area contributed by atoms with Crippen molar-refractivity contribution >= 4 is 0 Å². The number of rotatable bonds is 6. The van der Waals surface area contributed by atoms with Gasteiger partial charge in [0.2, 0.25) is 0 Å². The Morgan fingerprint density at radius 1 is 1.14 bits per heavy atom. The summed E-state index contributed by atoms with van der Waals surface area (Å²) in [5, 5.41) is 10.4. The van der Waals surface area contributed by atoms with Crippen LogP contribution in [-0.2, 0) is 14.2 Å². The van der Waals surface area contributed by atoms with Gasteiger partial charge >= 0.3 is 0 Å². The van der Waals surface area contributed by atoms with E-state index in [0.717, 1.165) is 39.1 Å². The summed E-state index contributed by atoms with van der Waals surface area (Å²) in [6.07, 6.45) is 5.12. The largest absolute Gasteiger partial charge is 0.512 e. The van der Waals surface area contributed by atoms with E-state index < -0.39 is 5.54 Å². The molecular weight excluding hydrogens is 270 g/mol. The number of hydrogen-bond acceptors (Lipinski definition) is 5. The summed E-state index contributed by atoms with van der Waals surface area (Å²) in [4.78, 5) is 0. The molecule has 5 unspecified atom stereocenters. The van der Waals surface area contributed by atoms with Gasteiger partial charge in [-0.15, -0.1) is 0 Å². The summed E-state index contributed by atoms with van der Waals surface area (Å²) in [6.45, 7) is 4.45. The molecule has 0 aromatic carbocycles. The van der Waals surface area contributed by atoms with Crippen molar-refractivity contribution in [1.82, 2.24) is 0 Å². The third kappa shape index (κ3) is 2.88. The molecule has 4 rings (SSSR count). The molecule has 0 saturated carbocycles. The molecule has 116 valence electrons. The maximum Gasteiger partial charge on any atom is 0.0973 e. The van der Waals surface area contributed by atoms with Gasteiger partial charge in [-0.3, -0.25) is 0 Å². The van der Waals surface area contributed by atoms with E-state index >= 15 is 0 Å². The first-order valence-corrected chi connectivity index (χ1v) is 7.83. The molecule has 0 radical (unpaired) electrons. The maximum absolute atomic E-state index is 10.4. The Labute approximate surface area is 124 Å². The molecular formula is C16H23NO4. The fourth-order valence-corrected chi connectivity index (χ4v) is 3.43. The standard InChI is InChI=1S/C16H23NO4/c1-9-13(2-10-6-19-10)14(3-11-7-20-11)16(17,5-15(9)18)4-12-8-21-12/h5,9-12,18H,2-4,6-8,17H2,1H3. The second-order valence-corrected chi connectivity index (χ2v) is 6.81. The highest BCUT2D eigenvalue weighted by atomic mass is 16.6. The van der Waals surface area contributed by atoms with Crippen LogP contribution in [0, 0.1) is 5.92 Å². The molecule has 0 bridgehead atoms. The van der Waals surface area contributed by atoms with E-state index in [9.17, 15) is 5.11 Å². The third-order valence-electron chi connectivity index (χ3n) is 4.97. The fourth-order valence-electron chi connectivity index (χ4n) is 3.43. The normalized spacial score (nSPS) is 44.6. The van der Waals surface area contributed by atoms with E-state index in [1.165, 1.54) is 11.1 Å². The van der Waals surface area contributed by atoms with Crippen molar-refractivity contribution in [2.75, 3.05) is 19.8 Å². The number of aliphatic hydroxyl groups excluding tert-OH is 1. The van der Waals surface area contributed by atoms with Crippen molar-refractivity contribution in [3.8, 4) is 0 Å². The first kappa shape index (κ1) is 13.8. The molecule has 0 aromatic heterocycles. The second kappa shape index (κ2) is 4.81. The highest BCUT2D eigenvalue weighted by molar-refractivity contribution is 5.42. The van der Waals surface area contributed by atoms with Crippen LogP contribution in [0.1, 0.15) is 26.2 Å². The van der Waals surface area contributed by atoms with Crippen LogP contribution in [0.4, 0.5) is 0 Å². The molecule has 3 saturated heterocycles. The van der Waals surface area contributed by atoms with Gasteiger partial charge in [0.1, 0.15) is 0 Å². The molecule has 0 aromatic rings. The first-order valence-electron chi connectivity index (χ1n) is 7.83. The molecule has 3 heterocycles. The zero-order chi connectivity index (χ0) is 14.6. The monoisotopic (exact) mass is 293 g/mol. The smallest absolute Gasteiger partial charge is 0.0973 e. The average molecular weight is 293 g/mol. The summed E-state index contributed by atoms with van der Waals surface area (Å²) < 4.78 is 16.2. The Balaban J connectivity index is 1.68. The predicted octanol–water partition coefficient (Wildman–Crippen LogP) is 1.44. The van der Waals surface area contributed by atoms with E-state index in [1.54, 1.807) is 0 Å². The van der Waals surface area contributed by atoms with Crippen molar-refractivity contribution in [2.45, 2.75) is 50.0 Å². The van der Waals surface area contributed by atoms with Gasteiger partial charge in [0.15, 0.2) is 0 Å². The maximum atomic E-state index is 10.4. The van der Waals surface area contributed by atoms with Crippen molar-refractivity contribution in [1.29, 1.82) is 0 Å². The van der Waals surface area contributed by atoms with Crippen LogP contribution in [0.3, 0.4) is 0 Å². The number of allylic oxidation sites excluding steroid dienone is 1. The van der Waals surface area contributed by atoms with Crippen LogP contribution >= 0.6 is 0 Å². The van der Waals surface area contributed by atoms with Crippen LogP contribution in [-0.4, -0.2) is 48.8 Å². The minimum atomic E-state index is -0.603. The summed E-state index contributed by atoms with van der Waals surface area (Å²) in [7, 11) is 0. The number of epoxide rings is 3. The molecule has 0 spiro atoms. The lowest BCUT2D eigenvalue weighted by atomic mass is 9.72. The minimum Gasteiger partial charge on any atom is -0.512 e. The second-order valence-electron chi connectivity index (χ2n) is 6.81. The number of nitrogens with two attached hydrogens (primary N) is 1. The van der Waals surface area contributed by atoms with Crippen molar-refractivity contribution < 1.29 is 19.3 Å². The highest BCUT2D eigenvalue weighted by Gasteiger charge is 2.44. The van der Waals surface area contributed by atoms with Gasteiger partial charge in [0.25, 0.3) is 0 Å². The van der Waals surface area contributed by atoms with Gasteiger partial charge in [-0.2, -0.15) is 0 Å². The Hall–Kier alpha value is -0.880. The molecule has 5 nitrogen and oxygen atoms in total. The molecule has 3 fully saturated rings. The number of hydrogen-bond donors (Lipinski definition) is 2. The molecule has 5 atom stereocenters. The summed E-state index contributed by atoms with van der Waals surface area (Å²) in [5.74, 6) is 0.411. The Bertz CT molecular complexity index is 502. The van der Waals surface area contributed by atoms with Crippen LogP contribution < -0.4 is 5.73 Å². The van der Waals surface area contributed by atoms with E-state index in [2.05, 4.69) is 0 Å². The highest BCUT2D eigenvalue weighted by Crippen LogP contribution is 2.44. The van der Waals surface area contributed by atoms with Crippen molar-refractivity contribution in [3.05, 3.63) is 23.0 Å². The van der Waals surface area contributed by atoms with Crippen LogP contribution in [0.25, 0.3) is 0 Å². The van der Waals surface area contributed by atoms with E-state index in [1.807, 2.05) is 13.0 Å². The summed E-state index contributed by atoms with van der Waals surface area (Å²) in [6, 6.07) is 0. The average Bonchev–Trinajstić information content (AvgIpc) is 3.23. The van der Waals surface area contributed by atoms with E-state index in [-0.39, 0.29) is 12.0 Å². The SMILES string of the molecule is CC1C(O)=CC(N)(CC2CO2)C(CC2CO2)=C1CC1CO1. The van der Waals surface area contributed by atoms with Crippen molar-refractivity contribution in [3.63, 3.8) is 0 Å². The molecule has 3 aliphatic heterocycles. The first-order chi connectivity index (χ1) is 10.0. The Morgan fingerprint density at radius 3 is 2.29 bits per heavy atom. The quantitative estimate of drug-likeness (QED) is 0.572. The van der Waals surface area contributed by atoms with Gasteiger partial charge < -0.3 is 25.1 Å². The zero-order valence-electron chi connectivity index (χ0n) is 12.4. The fraction of sp³-hybridized carbons (Fsp3) is 0.750. The van der Waals surface area contributed by atoms with Crippen LogP contribution in [0.15, 0.2) is 23.0 Å². The molecule has 4 aliphatic rings. The van der Waals surface area contributed by atoms with E-state index in [4.69, 9.17) is 19.9 Å². The van der Waals surface area contributed by atoms with Gasteiger partial charge in [-0.05, 0) is 24.5 Å². The van der Waals surface area contributed by atoms with Gasteiger partial charge in [-0.25, -0.2) is 0 Å². The number of aliphatic hydroxyl groups is 1. The Morgan fingerprint density at radius 2 is 1.71 bits per heavy atom. The molecule has 5 heteroatoms. The topological polar surface area (TPSA) is 83.8 Å². The third-order valence-corrected chi connectivity index (χ3v) is 4.97. The summed E-state index contributed by atoms with van der Waals surface area (Å²) >= 11 is 0. The molecule has 3 N–H and O–H groups in total. The summed E-state index contributed by atoms with van der Waals surface area (Å²) in [5.41, 5.74) is 8.57. The minimum absolute atomic E-state index is 0.0275. The van der Waals surface area contributed by atoms with Crippen LogP contribution in [0.5, 0.6) is 0 Å². The lowest BCUT2D eigenvalue weighted by Crippen LogP contribution is -2.45. The van der Waals surface area contributed by atoms with Crippen molar-refractivity contribution in [2.24, 2.45) is 11.7 Å². The Kier molecular flexibility index (Phi) is 3.15. The zero-order valence-corrected chi connectivity index (χ0v) is 12.4. The van der Waals surface area contributed by atoms with Gasteiger partial charge in [0.05, 0.1) is 49.4 Å². The van der Waals surface area contributed by atoms with Gasteiger partial charge in [0, 0.05) is 12.3 Å². The van der Waals surface area contributed by atoms with E-state index in [0.29, 0.717) is 18.0 Å². The van der Waals surface area contributed by atoms with Gasteiger partial charge in [-0.1, -0.05) is 12.5 Å².